The van der Waals surface area contributed by atoms with Crippen molar-refractivity contribution in [2.75, 3.05) is 6.54 Å². The van der Waals surface area contributed by atoms with Gasteiger partial charge in [0.25, 0.3) is 5.91 Å². The summed E-state index contributed by atoms with van der Waals surface area (Å²) >= 11 is 4.96. The van der Waals surface area contributed by atoms with Gasteiger partial charge >= 0.3 is 0 Å². The molecule has 0 bridgehead atoms. The van der Waals surface area contributed by atoms with Crippen molar-refractivity contribution in [3.8, 4) is 5.75 Å². The van der Waals surface area contributed by atoms with Gasteiger partial charge in [0.05, 0.1) is 0 Å². The van der Waals surface area contributed by atoms with E-state index in [1.807, 2.05) is 24.3 Å². The van der Waals surface area contributed by atoms with E-state index >= 15 is 0 Å². The molecule has 0 aliphatic carbocycles. The molecule has 0 fully saturated rings. The normalized spacial score (nSPS) is 11.1. The zero-order valence-electron chi connectivity index (χ0n) is 12.3. The number of ether oxygens (including phenoxy) is 1. The number of carbonyl (C=O) groups excluding carboxylic acids is 1. The van der Waals surface area contributed by atoms with Crippen LogP contribution in [0.15, 0.2) is 36.9 Å². The molecule has 0 saturated carbocycles. The van der Waals surface area contributed by atoms with Crippen molar-refractivity contribution < 1.29 is 9.53 Å². The topological polar surface area (TPSA) is 62.4 Å². The second kappa shape index (κ2) is 8.97. The van der Waals surface area contributed by atoms with Gasteiger partial charge in [0, 0.05) is 6.54 Å². The van der Waals surface area contributed by atoms with Crippen molar-refractivity contribution in [1.29, 1.82) is 0 Å². The first-order valence-corrected chi connectivity index (χ1v) is 7.17. The van der Waals surface area contributed by atoms with Crippen LogP contribution in [0.3, 0.4) is 0 Å². The molecule has 1 atom stereocenters. The minimum Gasteiger partial charge on any atom is -0.481 e. The number of nitrogens with one attached hydrogen (secondary N) is 3. The predicted molar refractivity (Wildman–Crippen MR) is 88.0 cm³/mol. The van der Waals surface area contributed by atoms with Crippen LogP contribution in [0.25, 0.3) is 0 Å². The number of aryl methyl sites for hydroxylation is 1. The lowest BCUT2D eigenvalue weighted by atomic mass is 10.2. The minimum atomic E-state index is -0.632. The van der Waals surface area contributed by atoms with E-state index < -0.39 is 6.10 Å². The number of amides is 1. The first kappa shape index (κ1) is 17.0. The Morgan fingerprint density at radius 2 is 2.05 bits per heavy atom. The number of benzene rings is 1. The van der Waals surface area contributed by atoms with Gasteiger partial charge in [-0.05, 0) is 43.3 Å². The van der Waals surface area contributed by atoms with Crippen molar-refractivity contribution >= 4 is 23.2 Å². The Labute approximate surface area is 130 Å². The molecule has 1 rings (SSSR count). The van der Waals surface area contributed by atoms with Crippen LogP contribution in [0.4, 0.5) is 0 Å². The molecule has 0 unspecified atom stereocenters. The molecule has 0 radical (unpaired) electrons. The van der Waals surface area contributed by atoms with Crippen LogP contribution in [0.2, 0.25) is 0 Å². The van der Waals surface area contributed by atoms with Gasteiger partial charge in [0.1, 0.15) is 5.75 Å². The molecule has 3 N–H and O–H groups in total. The average molecular weight is 307 g/mol. The number of thiocarbonyl (C=S) groups is 1. The fraction of sp³-hybridized carbons (Fsp3) is 0.333. The molecule has 6 heteroatoms. The highest BCUT2D eigenvalue weighted by Gasteiger charge is 2.14. The predicted octanol–water partition coefficient (Wildman–Crippen LogP) is 1.70. The van der Waals surface area contributed by atoms with Gasteiger partial charge in [-0.2, -0.15) is 0 Å². The van der Waals surface area contributed by atoms with Crippen LogP contribution in [0.5, 0.6) is 5.75 Å². The molecule has 0 aromatic heterocycles. The smallest absolute Gasteiger partial charge is 0.279 e. The maximum absolute atomic E-state index is 11.8. The molecule has 0 saturated heterocycles. The first-order valence-electron chi connectivity index (χ1n) is 6.77. The second-order valence-electron chi connectivity index (χ2n) is 4.37. The maximum Gasteiger partial charge on any atom is 0.279 e. The fourth-order valence-corrected chi connectivity index (χ4v) is 1.62. The van der Waals surface area contributed by atoms with Gasteiger partial charge < -0.3 is 10.1 Å². The summed E-state index contributed by atoms with van der Waals surface area (Å²) in [5.74, 6) is 0.347. The highest BCUT2D eigenvalue weighted by molar-refractivity contribution is 7.80. The van der Waals surface area contributed by atoms with E-state index in [1.54, 1.807) is 13.0 Å². The van der Waals surface area contributed by atoms with Crippen LogP contribution >= 0.6 is 12.2 Å². The molecule has 1 amide bonds. The molecule has 1 aromatic rings. The third-order valence-corrected chi connectivity index (χ3v) is 2.97. The number of hydrogen-bond acceptors (Lipinski definition) is 3. The van der Waals surface area contributed by atoms with E-state index in [1.165, 1.54) is 5.56 Å². The lowest BCUT2D eigenvalue weighted by Gasteiger charge is -2.16. The SMILES string of the molecule is C=CCNC(=S)NNC(=O)[C@@H](C)Oc1ccc(CC)cc1. The van der Waals surface area contributed by atoms with Crippen LogP contribution < -0.4 is 20.9 Å². The number of hydrogen-bond donors (Lipinski definition) is 3. The lowest BCUT2D eigenvalue weighted by Crippen LogP contribution is -2.50. The van der Waals surface area contributed by atoms with Gasteiger partial charge in [0.15, 0.2) is 11.2 Å². The Hall–Kier alpha value is -2.08. The third kappa shape index (κ3) is 6.27. The average Bonchev–Trinajstić information content (AvgIpc) is 2.51. The van der Waals surface area contributed by atoms with Crippen molar-refractivity contribution in [1.82, 2.24) is 16.2 Å². The molecule has 1 aromatic carbocycles. The van der Waals surface area contributed by atoms with Gasteiger partial charge in [-0.1, -0.05) is 25.1 Å². The summed E-state index contributed by atoms with van der Waals surface area (Å²) in [6.45, 7) is 7.84. The molecule has 114 valence electrons. The number of hydrazine groups is 1. The van der Waals surface area contributed by atoms with Gasteiger partial charge in [-0.3, -0.25) is 15.6 Å². The monoisotopic (exact) mass is 307 g/mol. The van der Waals surface area contributed by atoms with E-state index in [4.69, 9.17) is 17.0 Å². The molecule has 21 heavy (non-hydrogen) atoms. The summed E-state index contributed by atoms with van der Waals surface area (Å²) in [7, 11) is 0. The van der Waals surface area contributed by atoms with Crippen molar-refractivity contribution in [2.45, 2.75) is 26.4 Å². The standard InChI is InChI=1S/C15H21N3O2S/c1-4-10-16-15(21)18-17-14(19)11(3)20-13-8-6-12(5-2)7-9-13/h4,6-9,11H,1,5,10H2,2-3H3,(H,17,19)(H2,16,18,21)/t11-/m1/s1. The Morgan fingerprint density at radius 1 is 1.38 bits per heavy atom. The van der Waals surface area contributed by atoms with Crippen LogP contribution in [-0.2, 0) is 11.2 Å². The van der Waals surface area contributed by atoms with Crippen molar-refractivity contribution in [2.24, 2.45) is 0 Å². The highest BCUT2D eigenvalue weighted by atomic mass is 32.1. The van der Waals surface area contributed by atoms with Crippen LogP contribution in [-0.4, -0.2) is 23.7 Å². The molecule has 0 aliphatic rings. The van der Waals surface area contributed by atoms with Gasteiger partial charge in [-0.25, -0.2) is 0 Å². The summed E-state index contributed by atoms with van der Waals surface area (Å²) in [5, 5.41) is 3.16. The van der Waals surface area contributed by atoms with Crippen molar-refractivity contribution in [3.05, 3.63) is 42.5 Å². The largest absolute Gasteiger partial charge is 0.481 e. The van der Waals surface area contributed by atoms with Crippen molar-refractivity contribution in [3.63, 3.8) is 0 Å². The Balaban J connectivity index is 2.39. The zero-order chi connectivity index (χ0) is 15.7. The van der Waals surface area contributed by atoms with E-state index in [0.717, 1.165) is 6.42 Å². The van der Waals surface area contributed by atoms with E-state index in [2.05, 4.69) is 29.7 Å². The third-order valence-electron chi connectivity index (χ3n) is 2.72. The van der Waals surface area contributed by atoms with Gasteiger partial charge in [0.2, 0.25) is 0 Å². The summed E-state index contributed by atoms with van der Waals surface area (Å²) < 4.78 is 5.56. The van der Waals surface area contributed by atoms with Crippen LogP contribution in [0, 0.1) is 0 Å². The van der Waals surface area contributed by atoms with E-state index in [-0.39, 0.29) is 5.91 Å². The maximum atomic E-state index is 11.8. The van der Waals surface area contributed by atoms with Gasteiger partial charge in [-0.15, -0.1) is 6.58 Å². The summed E-state index contributed by atoms with van der Waals surface area (Å²) in [4.78, 5) is 11.8. The second-order valence-corrected chi connectivity index (χ2v) is 4.78. The van der Waals surface area contributed by atoms with E-state index in [9.17, 15) is 4.79 Å². The summed E-state index contributed by atoms with van der Waals surface area (Å²) in [5.41, 5.74) is 6.30. The van der Waals surface area contributed by atoms with Crippen LogP contribution in [0.1, 0.15) is 19.4 Å². The summed E-state index contributed by atoms with van der Waals surface area (Å²) in [6, 6.07) is 7.66. The number of rotatable bonds is 6. The first-order chi connectivity index (χ1) is 10.1. The molecular formula is C15H21N3O2S. The highest BCUT2D eigenvalue weighted by Crippen LogP contribution is 2.14. The lowest BCUT2D eigenvalue weighted by molar-refractivity contribution is -0.127. The minimum absolute atomic E-state index is 0.308. The Morgan fingerprint density at radius 3 is 2.62 bits per heavy atom. The summed E-state index contributed by atoms with van der Waals surface area (Å²) in [6.07, 6.45) is 2.00. The molecule has 0 heterocycles. The molecular weight excluding hydrogens is 286 g/mol. The molecule has 5 nitrogen and oxygen atoms in total. The molecule has 0 aliphatic heterocycles. The Bertz CT molecular complexity index is 488. The Kier molecular flexibility index (Phi) is 7.25. The zero-order valence-corrected chi connectivity index (χ0v) is 13.1. The van der Waals surface area contributed by atoms with E-state index in [0.29, 0.717) is 17.4 Å². The fourth-order valence-electron chi connectivity index (χ4n) is 1.49. The molecule has 0 spiro atoms. The number of carbonyl (C=O) groups is 1. The quantitative estimate of drug-likeness (QED) is 0.424.